The van der Waals surface area contributed by atoms with Gasteiger partial charge in [-0.1, -0.05) is 24.3 Å². The molecule has 4 aromatic rings. The van der Waals surface area contributed by atoms with Gasteiger partial charge in [0, 0.05) is 13.1 Å². The van der Waals surface area contributed by atoms with Gasteiger partial charge < -0.3 is 10.6 Å². The largest absolute Gasteiger partial charge is 0.350 e. The lowest BCUT2D eigenvalue weighted by Crippen LogP contribution is -2.35. The highest BCUT2D eigenvalue weighted by Crippen LogP contribution is 2.19. The van der Waals surface area contributed by atoms with E-state index in [1.807, 2.05) is 24.3 Å². The number of carbonyl (C=O) groups is 2. The van der Waals surface area contributed by atoms with Gasteiger partial charge in [0.05, 0.1) is 22.1 Å². The van der Waals surface area contributed by atoms with Crippen LogP contribution in [0.25, 0.3) is 22.1 Å². The van der Waals surface area contributed by atoms with Crippen molar-refractivity contribution in [3.8, 4) is 0 Å². The minimum atomic E-state index is -0.946. The molecule has 0 unspecified atom stereocenters. The average Bonchev–Trinajstić information content (AvgIpc) is 2.74. The van der Waals surface area contributed by atoms with Gasteiger partial charge in [0.1, 0.15) is 22.7 Å². The summed E-state index contributed by atoms with van der Waals surface area (Å²) in [7, 11) is 0. The zero-order valence-corrected chi connectivity index (χ0v) is 15.7. The SMILES string of the molecule is O=C(NCCNC(=O)c1cccc2nc3ccccc3nc12)c1c(F)cccc1F. The molecule has 6 nitrogen and oxygen atoms in total. The second-order valence-electron chi connectivity index (χ2n) is 6.49. The van der Waals surface area contributed by atoms with Crippen LogP contribution in [0.1, 0.15) is 20.7 Å². The Labute approximate surface area is 170 Å². The zero-order chi connectivity index (χ0) is 21.1. The predicted molar refractivity (Wildman–Crippen MR) is 108 cm³/mol. The molecular formula is C22H16F2N4O2. The minimum absolute atomic E-state index is 0.00226. The van der Waals surface area contributed by atoms with Crippen LogP contribution in [0.2, 0.25) is 0 Å². The monoisotopic (exact) mass is 406 g/mol. The molecule has 2 amide bonds. The van der Waals surface area contributed by atoms with E-state index in [1.165, 1.54) is 6.07 Å². The molecule has 2 N–H and O–H groups in total. The summed E-state index contributed by atoms with van der Waals surface area (Å²) in [5.74, 6) is -3.17. The van der Waals surface area contributed by atoms with Crippen LogP contribution in [0.4, 0.5) is 8.78 Å². The van der Waals surface area contributed by atoms with Crippen molar-refractivity contribution >= 4 is 33.9 Å². The normalized spacial score (nSPS) is 10.9. The molecular weight excluding hydrogens is 390 g/mol. The molecule has 150 valence electrons. The molecule has 1 heterocycles. The Bertz CT molecular complexity index is 1260. The molecule has 0 fully saturated rings. The first-order chi connectivity index (χ1) is 14.5. The maximum Gasteiger partial charge on any atom is 0.257 e. The molecule has 0 aliphatic heterocycles. The van der Waals surface area contributed by atoms with Gasteiger partial charge in [-0.15, -0.1) is 0 Å². The molecule has 0 aliphatic rings. The van der Waals surface area contributed by atoms with Gasteiger partial charge in [-0.2, -0.15) is 0 Å². The first-order valence-electron chi connectivity index (χ1n) is 9.20. The van der Waals surface area contributed by atoms with Gasteiger partial charge in [0.15, 0.2) is 0 Å². The highest BCUT2D eigenvalue weighted by atomic mass is 19.1. The smallest absolute Gasteiger partial charge is 0.257 e. The van der Waals surface area contributed by atoms with Gasteiger partial charge in [-0.3, -0.25) is 9.59 Å². The third-order valence-corrected chi connectivity index (χ3v) is 4.50. The Balaban J connectivity index is 1.44. The molecule has 0 saturated carbocycles. The lowest BCUT2D eigenvalue weighted by Gasteiger charge is -2.10. The summed E-state index contributed by atoms with van der Waals surface area (Å²) >= 11 is 0. The van der Waals surface area contributed by atoms with Crippen molar-refractivity contribution in [2.75, 3.05) is 13.1 Å². The molecule has 4 rings (SSSR count). The number of fused-ring (bicyclic) bond motifs is 2. The molecule has 0 radical (unpaired) electrons. The average molecular weight is 406 g/mol. The number of nitrogens with one attached hydrogen (secondary N) is 2. The van der Waals surface area contributed by atoms with Crippen molar-refractivity contribution in [1.82, 2.24) is 20.6 Å². The summed E-state index contributed by atoms with van der Waals surface area (Å²) in [4.78, 5) is 33.6. The van der Waals surface area contributed by atoms with Gasteiger partial charge in [0.25, 0.3) is 11.8 Å². The minimum Gasteiger partial charge on any atom is -0.350 e. The Hall–Kier alpha value is -3.94. The molecule has 8 heteroatoms. The number of carbonyl (C=O) groups excluding carboxylic acids is 2. The molecule has 1 aromatic heterocycles. The van der Waals surface area contributed by atoms with E-state index in [0.29, 0.717) is 22.1 Å². The molecule has 0 aliphatic carbocycles. The van der Waals surface area contributed by atoms with Crippen LogP contribution in [-0.2, 0) is 0 Å². The van der Waals surface area contributed by atoms with E-state index < -0.39 is 29.0 Å². The highest BCUT2D eigenvalue weighted by Gasteiger charge is 2.17. The first kappa shape index (κ1) is 19.4. The van der Waals surface area contributed by atoms with Crippen LogP contribution in [0.3, 0.4) is 0 Å². The Kier molecular flexibility index (Phi) is 5.30. The number of benzene rings is 3. The van der Waals surface area contributed by atoms with Gasteiger partial charge in [0.2, 0.25) is 0 Å². The van der Waals surface area contributed by atoms with Crippen LogP contribution in [-0.4, -0.2) is 34.9 Å². The van der Waals surface area contributed by atoms with Crippen LogP contribution in [0, 0.1) is 11.6 Å². The van der Waals surface area contributed by atoms with E-state index in [0.717, 1.165) is 17.6 Å². The first-order valence-corrected chi connectivity index (χ1v) is 9.20. The van der Waals surface area contributed by atoms with Crippen LogP contribution < -0.4 is 10.6 Å². The van der Waals surface area contributed by atoms with Crippen molar-refractivity contribution in [2.45, 2.75) is 0 Å². The van der Waals surface area contributed by atoms with E-state index in [9.17, 15) is 18.4 Å². The van der Waals surface area contributed by atoms with Crippen molar-refractivity contribution in [2.24, 2.45) is 0 Å². The van der Waals surface area contributed by atoms with Crippen LogP contribution in [0.15, 0.2) is 60.7 Å². The molecule has 0 spiro atoms. The second-order valence-corrected chi connectivity index (χ2v) is 6.49. The van der Waals surface area contributed by atoms with Gasteiger partial charge in [-0.05, 0) is 36.4 Å². The summed E-state index contributed by atoms with van der Waals surface area (Å²) in [5.41, 5.74) is 2.14. The maximum absolute atomic E-state index is 13.6. The van der Waals surface area contributed by atoms with Crippen molar-refractivity contribution in [3.63, 3.8) is 0 Å². The second kappa shape index (κ2) is 8.20. The lowest BCUT2D eigenvalue weighted by atomic mass is 10.1. The molecule has 3 aromatic carbocycles. The number of hydrogen-bond donors (Lipinski definition) is 2. The summed E-state index contributed by atoms with van der Waals surface area (Å²) in [5, 5.41) is 5.05. The summed E-state index contributed by atoms with van der Waals surface area (Å²) in [6.07, 6.45) is 0. The Morgan fingerprint density at radius 3 is 1.97 bits per heavy atom. The number of amides is 2. The third kappa shape index (κ3) is 3.80. The fraction of sp³-hybridized carbons (Fsp3) is 0.0909. The van der Waals surface area contributed by atoms with E-state index in [4.69, 9.17) is 0 Å². The zero-order valence-electron chi connectivity index (χ0n) is 15.7. The van der Waals surface area contributed by atoms with Crippen LogP contribution >= 0.6 is 0 Å². The number of halogens is 2. The molecule has 0 atom stereocenters. The van der Waals surface area contributed by atoms with E-state index in [2.05, 4.69) is 20.6 Å². The fourth-order valence-corrected chi connectivity index (χ4v) is 3.08. The quantitative estimate of drug-likeness (QED) is 0.394. The summed E-state index contributed by atoms with van der Waals surface area (Å²) in [6, 6.07) is 15.7. The summed E-state index contributed by atoms with van der Waals surface area (Å²) in [6.45, 7) is 0.0652. The number of rotatable bonds is 5. The molecule has 0 saturated heterocycles. The maximum atomic E-state index is 13.6. The van der Waals surface area contributed by atoms with E-state index in [-0.39, 0.29) is 13.1 Å². The van der Waals surface area contributed by atoms with E-state index >= 15 is 0 Å². The van der Waals surface area contributed by atoms with E-state index in [1.54, 1.807) is 18.2 Å². The standard InChI is InChI=1S/C22H16F2N4O2/c23-14-6-4-7-15(24)19(14)22(30)26-12-11-25-21(29)13-5-3-10-18-20(13)28-17-9-2-1-8-16(17)27-18/h1-10H,11-12H2,(H,25,29)(H,26,30). The molecule has 0 bridgehead atoms. The summed E-state index contributed by atoms with van der Waals surface area (Å²) < 4.78 is 27.3. The van der Waals surface area contributed by atoms with Crippen molar-refractivity contribution in [1.29, 1.82) is 0 Å². The van der Waals surface area contributed by atoms with Crippen molar-refractivity contribution in [3.05, 3.63) is 83.4 Å². The van der Waals surface area contributed by atoms with Crippen molar-refractivity contribution < 1.29 is 18.4 Å². The third-order valence-electron chi connectivity index (χ3n) is 4.50. The number of aromatic nitrogens is 2. The Morgan fingerprint density at radius 2 is 1.27 bits per heavy atom. The van der Waals surface area contributed by atoms with Gasteiger partial charge in [-0.25, -0.2) is 18.7 Å². The Morgan fingerprint density at radius 1 is 0.700 bits per heavy atom. The molecule has 30 heavy (non-hydrogen) atoms. The van der Waals surface area contributed by atoms with Gasteiger partial charge >= 0.3 is 0 Å². The number of hydrogen-bond acceptors (Lipinski definition) is 4. The lowest BCUT2D eigenvalue weighted by molar-refractivity contribution is 0.0923. The van der Waals surface area contributed by atoms with Crippen LogP contribution in [0.5, 0.6) is 0 Å². The number of para-hydroxylation sites is 3. The fourth-order valence-electron chi connectivity index (χ4n) is 3.08. The topological polar surface area (TPSA) is 84.0 Å². The predicted octanol–water partition coefficient (Wildman–Crippen LogP) is 3.22. The highest BCUT2D eigenvalue weighted by molar-refractivity contribution is 6.06. The number of nitrogens with zero attached hydrogens (tertiary/aromatic N) is 2.